The van der Waals surface area contributed by atoms with Gasteiger partial charge in [-0.2, -0.15) is 0 Å². The van der Waals surface area contributed by atoms with Gasteiger partial charge in [0.05, 0.1) is 12.5 Å². The Labute approximate surface area is 66.7 Å². The molecule has 0 bridgehead atoms. The van der Waals surface area contributed by atoms with Crippen molar-refractivity contribution >= 4 is 11.8 Å². The summed E-state index contributed by atoms with van der Waals surface area (Å²) in [5.41, 5.74) is 0. The summed E-state index contributed by atoms with van der Waals surface area (Å²) in [5.74, 6) is -0.569. The van der Waals surface area contributed by atoms with Gasteiger partial charge in [-0.3, -0.25) is 4.79 Å². The van der Waals surface area contributed by atoms with Gasteiger partial charge < -0.3 is 9.53 Å². The second-order valence-corrected chi connectivity index (χ2v) is 2.56. The zero-order valence-electron chi connectivity index (χ0n) is 7.22. The Balaban J connectivity index is 3.73. The van der Waals surface area contributed by atoms with Gasteiger partial charge in [-0.25, -0.2) is 0 Å². The van der Waals surface area contributed by atoms with Gasteiger partial charge in [0.2, 0.25) is 0 Å². The van der Waals surface area contributed by atoms with Crippen LogP contribution in [-0.4, -0.2) is 18.4 Å². The number of rotatable bonds is 4. The molecular weight excluding hydrogens is 144 g/mol. The fraction of sp³-hybridized carbons (Fsp3) is 0.750. The van der Waals surface area contributed by atoms with E-state index in [0.717, 1.165) is 0 Å². The Kier molecular flexibility index (Phi) is 4.50. The van der Waals surface area contributed by atoms with Crippen LogP contribution in [0.1, 0.15) is 27.2 Å². The van der Waals surface area contributed by atoms with Crippen molar-refractivity contribution in [3.05, 3.63) is 0 Å². The Morgan fingerprint density at radius 2 is 2.00 bits per heavy atom. The van der Waals surface area contributed by atoms with E-state index in [2.05, 4.69) is 0 Å². The van der Waals surface area contributed by atoms with Gasteiger partial charge in [0.1, 0.15) is 5.78 Å². The Bertz CT molecular complexity index is 151. The van der Waals surface area contributed by atoms with E-state index in [9.17, 15) is 9.59 Å². The van der Waals surface area contributed by atoms with Crippen LogP contribution in [-0.2, 0) is 14.3 Å². The number of esters is 1. The van der Waals surface area contributed by atoms with Crippen LogP contribution in [0.3, 0.4) is 0 Å². The summed E-state index contributed by atoms with van der Waals surface area (Å²) in [6.07, 6.45) is 0.277. The Morgan fingerprint density at radius 3 is 2.36 bits per heavy atom. The maximum absolute atomic E-state index is 10.9. The standard InChI is InChI=1S/C8H14O3/c1-4-11-8(10)6(2)5-7(3)9/h6H,4-5H2,1-3H3. The van der Waals surface area contributed by atoms with Gasteiger partial charge in [-0.05, 0) is 13.8 Å². The maximum atomic E-state index is 10.9. The summed E-state index contributed by atoms with van der Waals surface area (Å²) >= 11 is 0. The van der Waals surface area contributed by atoms with Crippen molar-refractivity contribution < 1.29 is 14.3 Å². The van der Waals surface area contributed by atoms with E-state index in [-0.39, 0.29) is 24.1 Å². The molecule has 3 nitrogen and oxygen atoms in total. The summed E-state index contributed by atoms with van der Waals surface area (Å²) in [6.45, 7) is 5.29. The molecule has 11 heavy (non-hydrogen) atoms. The number of ketones is 1. The molecule has 0 N–H and O–H groups in total. The molecule has 0 saturated carbocycles. The molecule has 0 amide bonds. The molecule has 0 aromatic heterocycles. The van der Waals surface area contributed by atoms with Gasteiger partial charge in [0.15, 0.2) is 0 Å². The highest BCUT2D eigenvalue weighted by Crippen LogP contribution is 2.04. The summed E-state index contributed by atoms with van der Waals surface area (Å²) in [7, 11) is 0. The average Bonchev–Trinajstić information content (AvgIpc) is 1.86. The third kappa shape index (κ3) is 4.53. The van der Waals surface area contributed by atoms with Crippen molar-refractivity contribution in [1.29, 1.82) is 0 Å². The lowest BCUT2D eigenvalue weighted by atomic mass is 10.1. The maximum Gasteiger partial charge on any atom is 0.309 e. The van der Waals surface area contributed by atoms with Crippen LogP contribution in [0.5, 0.6) is 0 Å². The van der Waals surface area contributed by atoms with Crippen LogP contribution in [0.15, 0.2) is 0 Å². The van der Waals surface area contributed by atoms with Gasteiger partial charge in [0, 0.05) is 6.42 Å². The number of carbonyl (C=O) groups is 2. The predicted molar refractivity (Wildman–Crippen MR) is 41.1 cm³/mol. The van der Waals surface area contributed by atoms with Crippen LogP contribution < -0.4 is 0 Å². The third-order valence-corrected chi connectivity index (χ3v) is 1.28. The van der Waals surface area contributed by atoms with E-state index in [4.69, 9.17) is 4.74 Å². The lowest BCUT2D eigenvalue weighted by Crippen LogP contribution is -2.16. The van der Waals surface area contributed by atoms with Crippen molar-refractivity contribution in [3.63, 3.8) is 0 Å². The molecule has 3 heteroatoms. The summed E-state index contributed by atoms with van der Waals surface area (Å²) in [4.78, 5) is 21.5. The third-order valence-electron chi connectivity index (χ3n) is 1.28. The minimum absolute atomic E-state index is 0.0190. The summed E-state index contributed by atoms with van der Waals surface area (Å²) in [6, 6.07) is 0. The van der Waals surface area contributed by atoms with Crippen LogP contribution in [0.2, 0.25) is 0 Å². The molecule has 0 aliphatic rings. The molecule has 0 aliphatic heterocycles. The van der Waals surface area contributed by atoms with E-state index in [1.807, 2.05) is 0 Å². The minimum atomic E-state index is -0.299. The smallest absolute Gasteiger partial charge is 0.309 e. The molecule has 0 rings (SSSR count). The first-order valence-corrected chi connectivity index (χ1v) is 3.74. The molecule has 1 unspecified atom stereocenters. The highest BCUT2D eigenvalue weighted by Gasteiger charge is 2.15. The largest absolute Gasteiger partial charge is 0.466 e. The van der Waals surface area contributed by atoms with Crippen LogP contribution >= 0.6 is 0 Å². The van der Waals surface area contributed by atoms with Gasteiger partial charge in [-0.15, -0.1) is 0 Å². The molecule has 0 spiro atoms. The molecule has 64 valence electrons. The van der Waals surface area contributed by atoms with Crippen LogP contribution in [0.4, 0.5) is 0 Å². The van der Waals surface area contributed by atoms with E-state index in [0.29, 0.717) is 6.61 Å². The highest BCUT2D eigenvalue weighted by molar-refractivity contribution is 5.82. The molecule has 0 aromatic rings. The first-order chi connectivity index (χ1) is 5.07. The zero-order valence-corrected chi connectivity index (χ0v) is 7.22. The van der Waals surface area contributed by atoms with Crippen molar-refractivity contribution in [3.8, 4) is 0 Å². The Hall–Kier alpha value is -0.860. The molecule has 0 radical (unpaired) electrons. The number of carbonyl (C=O) groups excluding carboxylic acids is 2. The van der Waals surface area contributed by atoms with E-state index in [1.54, 1.807) is 13.8 Å². The fourth-order valence-electron chi connectivity index (χ4n) is 0.799. The summed E-state index contributed by atoms with van der Waals surface area (Å²) < 4.78 is 4.71. The summed E-state index contributed by atoms with van der Waals surface area (Å²) in [5, 5.41) is 0. The predicted octanol–water partition coefficient (Wildman–Crippen LogP) is 1.16. The van der Waals surface area contributed by atoms with Gasteiger partial charge >= 0.3 is 5.97 Å². The highest BCUT2D eigenvalue weighted by atomic mass is 16.5. The molecule has 1 atom stereocenters. The molecular formula is C8H14O3. The monoisotopic (exact) mass is 158 g/mol. The van der Waals surface area contributed by atoms with Gasteiger partial charge in [-0.1, -0.05) is 6.92 Å². The SMILES string of the molecule is CCOC(=O)C(C)CC(C)=O. The second kappa shape index (κ2) is 4.88. The Morgan fingerprint density at radius 1 is 1.45 bits per heavy atom. The number of hydrogen-bond acceptors (Lipinski definition) is 3. The van der Waals surface area contributed by atoms with Crippen molar-refractivity contribution in [2.24, 2.45) is 5.92 Å². The van der Waals surface area contributed by atoms with Crippen molar-refractivity contribution in [2.45, 2.75) is 27.2 Å². The number of hydrogen-bond donors (Lipinski definition) is 0. The first-order valence-electron chi connectivity index (χ1n) is 3.74. The van der Waals surface area contributed by atoms with Crippen molar-refractivity contribution in [1.82, 2.24) is 0 Å². The zero-order chi connectivity index (χ0) is 8.85. The van der Waals surface area contributed by atoms with Gasteiger partial charge in [0.25, 0.3) is 0 Å². The molecule has 0 saturated heterocycles. The topological polar surface area (TPSA) is 43.4 Å². The normalized spacial score (nSPS) is 12.3. The van der Waals surface area contributed by atoms with E-state index >= 15 is 0 Å². The molecule has 0 aromatic carbocycles. The number of Topliss-reactive ketones (excluding diaryl/α,β-unsaturated/α-hetero) is 1. The fourth-order valence-corrected chi connectivity index (χ4v) is 0.799. The van der Waals surface area contributed by atoms with Crippen LogP contribution in [0.25, 0.3) is 0 Å². The lowest BCUT2D eigenvalue weighted by Gasteiger charge is -2.07. The van der Waals surface area contributed by atoms with E-state index < -0.39 is 0 Å². The number of ether oxygens (including phenoxy) is 1. The second-order valence-electron chi connectivity index (χ2n) is 2.56. The average molecular weight is 158 g/mol. The lowest BCUT2D eigenvalue weighted by molar-refractivity contribution is -0.148. The first kappa shape index (κ1) is 10.1. The van der Waals surface area contributed by atoms with Crippen molar-refractivity contribution in [2.75, 3.05) is 6.61 Å². The molecule has 0 aliphatic carbocycles. The minimum Gasteiger partial charge on any atom is -0.466 e. The van der Waals surface area contributed by atoms with Crippen LogP contribution in [0, 0.1) is 5.92 Å². The quantitative estimate of drug-likeness (QED) is 0.577. The molecule has 0 fully saturated rings. The molecule has 0 heterocycles. The van der Waals surface area contributed by atoms with E-state index in [1.165, 1.54) is 6.92 Å².